The van der Waals surface area contributed by atoms with Crippen LogP contribution in [0.2, 0.25) is 10.0 Å². The predicted octanol–water partition coefficient (Wildman–Crippen LogP) is 2.98. The molecule has 2 aromatic carbocycles. The second-order valence-corrected chi connectivity index (χ2v) is 6.52. The summed E-state index contributed by atoms with van der Waals surface area (Å²) >= 11 is 11.6. The van der Waals surface area contributed by atoms with Gasteiger partial charge in [-0.2, -0.15) is 5.10 Å². The van der Waals surface area contributed by atoms with Crippen molar-refractivity contribution in [1.29, 1.82) is 0 Å². The highest BCUT2D eigenvalue weighted by atomic mass is 35.5. The second-order valence-electron chi connectivity index (χ2n) is 5.64. The van der Waals surface area contributed by atoms with E-state index in [2.05, 4.69) is 15.8 Å². The first kappa shape index (κ1) is 19.6. The molecule has 0 bridgehead atoms. The van der Waals surface area contributed by atoms with E-state index in [1.807, 2.05) is 0 Å². The normalized spacial score (nSPS) is 10.9. The van der Waals surface area contributed by atoms with E-state index < -0.39 is 11.8 Å². The van der Waals surface area contributed by atoms with Crippen molar-refractivity contribution >= 4 is 52.2 Å². The summed E-state index contributed by atoms with van der Waals surface area (Å²) in [5, 5.41) is 7.36. The number of nitrogens with zero attached hydrogens (tertiary/aromatic N) is 1. The van der Waals surface area contributed by atoms with Gasteiger partial charge in [0.2, 0.25) is 5.43 Å². The molecule has 0 radical (unpaired) electrons. The monoisotopic (exact) mass is 417 g/mol. The van der Waals surface area contributed by atoms with E-state index in [9.17, 15) is 14.4 Å². The zero-order chi connectivity index (χ0) is 20.1. The Balaban J connectivity index is 1.58. The Bertz CT molecular complexity index is 1120. The average Bonchev–Trinajstić information content (AvgIpc) is 2.69. The van der Waals surface area contributed by atoms with E-state index in [-0.39, 0.29) is 17.5 Å². The Kier molecular flexibility index (Phi) is 6.08. The molecule has 2 amide bonds. The summed E-state index contributed by atoms with van der Waals surface area (Å²) < 4.78 is 5.34. The third-order valence-electron chi connectivity index (χ3n) is 3.67. The van der Waals surface area contributed by atoms with Gasteiger partial charge in [-0.3, -0.25) is 14.4 Å². The van der Waals surface area contributed by atoms with Crippen molar-refractivity contribution in [1.82, 2.24) is 10.7 Å². The van der Waals surface area contributed by atoms with Crippen LogP contribution in [0.3, 0.4) is 0 Å². The van der Waals surface area contributed by atoms with Gasteiger partial charge in [0.05, 0.1) is 23.7 Å². The Hall–Kier alpha value is -3.16. The molecule has 0 fully saturated rings. The van der Waals surface area contributed by atoms with Crippen molar-refractivity contribution in [2.75, 3.05) is 6.54 Å². The van der Waals surface area contributed by atoms with Crippen molar-refractivity contribution in [3.05, 3.63) is 80.1 Å². The number of hydrogen-bond acceptors (Lipinski definition) is 5. The fourth-order valence-electron chi connectivity index (χ4n) is 2.28. The molecular weight excluding hydrogens is 405 g/mol. The van der Waals surface area contributed by atoms with Gasteiger partial charge in [0, 0.05) is 15.6 Å². The topological polar surface area (TPSA) is 101 Å². The third kappa shape index (κ3) is 4.76. The molecule has 142 valence electrons. The lowest BCUT2D eigenvalue weighted by molar-refractivity contribution is -0.120. The van der Waals surface area contributed by atoms with Crippen LogP contribution in [-0.2, 0) is 4.79 Å². The molecular formula is C19H13Cl2N3O4. The molecule has 0 aliphatic heterocycles. The SMILES string of the molecule is O=C(CNC(=O)c1ccc(Cl)cc1)N/N=C\c1coc2ccc(Cl)cc2c1=O. The molecule has 0 atom stereocenters. The van der Waals surface area contributed by atoms with Crippen LogP contribution in [0.4, 0.5) is 0 Å². The van der Waals surface area contributed by atoms with Crippen LogP contribution >= 0.6 is 23.2 Å². The summed E-state index contributed by atoms with van der Waals surface area (Å²) in [6, 6.07) is 10.9. The molecule has 0 unspecified atom stereocenters. The molecule has 0 saturated heterocycles. The maximum Gasteiger partial charge on any atom is 0.259 e. The second kappa shape index (κ2) is 8.69. The Labute approximate surface area is 168 Å². The molecule has 0 aliphatic rings. The van der Waals surface area contributed by atoms with Crippen LogP contribution in [-0.4, -0.2) is 24.6 Å². The minimum absolute atomic E-state index is 0.139. The van der Waals surface area contributed by atoms with E-state index in [1.165, 1.54) is 12.3 Å². The average molecular weight is 418 g/mol. The molecule has 3 aromatic rings. The molecule has 0 spiro atoms. The van der Waals surface area contributed by atoms with Gasteiger partial charge in [0.25, 0.3) is 11.8 Å². The molecule has 9 heteroatoms. The van der Waals surface area contributed by atoms with Gasteiger partial charge in [0.1, 0.15) is 11.8 Å². The highest BCUT2D eigenvalue weighted by Gasteiger charge is 2.08. The zero-order valence-corrected chi connectivity index (χ0v) is 15.8. The number of rotatable bonds is 5. The van der Waals surface area contributed by atoms with E-state index in [0.717, 1.165) is 6.21 Å². The van der Waals surface area contributed by atoms with Crippen molar-refractivity contribution in [3.8, 4) is 0 Å². The summed E-state index contributed by atoms with van der Waals surface area (Å²) in [7, 11) is 0. The fourth-order valence-corrected chi connectivity index (χ4v) is 2.58. The number of nitrogens with one attached hydrogen (secondary N) is 2. The largest absolute Gasteiger partial charge is 0.463 e. The van der Waals surface area contributed by atoms with Crippen LogP contribution in [0.25, 0.3) is 11.0 Å². The Morgan fingerprint density at radius 1 is 1.07 bits per heavy atom. The first-order valence-corrected chi connectivity index (χ1v) is 8.76. The summed E-state index contributed by atoms with van der Waals surface area (Å²) in [6.45, 7) is -0.291. The molecule has 3 rings (SSSR count). The highest BCUT2D eigenvalue weighted by molar-refractivity contribution is 6.31. The lowest BCUT2D eigenvalue weighted by Crippen LogP contribution is -2.35. The van der Waals surface area contributed by atoms with Gasteiger partial charge in [-0.15, -0.1) is 0 Å². The maximum absolute atomic E-state index is 12.4. The van der Waals surface area contributed by atoms with Crippen LogP contribution in [0.1, 0.15) is 15.9 Å². The van der Waals surface area contributed by atoms with E-state index in [0.29, 0.717) is 26.6 Å². The fraction of sp³-hybridized carbons (Fsp3) is 0.0526. The number of benzene rings is 2. The number of amides is 2. The predicted molar refractivity (Wildman–Crippen MR) is 107 cm³/mol. The first-order chi connectivity index (χ1) is 13.4. The van der Waals surface area contributed by atoms with Crippen LogP contribution in [0.5, 0.6) is 0 Å². The molecule has 2 N–H and O–H groups in total. The number of fused-ring (bicyclic) bond motifs is 1. The molecule has 7 nitrogen and oxygen atoms in total. The molecule has 1 aromatic heterocycles. The number of carbonyl (C=O) groups is 2. The minimum Gasteiger partial charge on any atom is -0.463 e. The molecule has 28 heavy (non-hydrogen) atoms. The smallest absolute Gasteiger partial charge is 0.259 e. The van der Waals surface area contributed by atoms with Gasteiger partial charge < -0.3 is 9.73 Å². The number of hydrazone groups is 1. The summed E-state index contributed by atoms with van der Waals surface area (Å²) in [4.78, 5) is 36.1. The van der Waals surface area contributed by atoms with Crippen molar-refractivity contribution < 1.29 is 14.0 Å². The maximum atomic E-state index is 12.4. The standard InChI is InChI=1S/C19H13Cl2N3O4/c20-13-3-1-11(2-4-13)19(27)22-9-17(25)24-23-8-12-10-28-16-6-5-14(21)7-15(16)18(12)26/h1-8,10H,9H2,(H,22,27)(H,24,25)/b23-8-. The number of halogens is 2. The minimum atomic E-state index is -0.563. The van der Waals surface area contributed by atoms with E-state index in [4.69, 9.17) is 27.6 Å². The summed E-state index contributed by atoms with van der Waals surface area (Å²) in [5.74, 6) is -0.991. The van der Waals surface area contributed by atoms with Gasteiger partial charge in [-0.25, -0.2) is 5.43 Å². The molecule has 0 aliphatic carbocycles. The van der Waals surface area contributed by atoms with Crippen molar-refractivity contribution in [3.63, 3.8) is 0 Å². The summed E-state index contributed by atoms with van der Waals surface area (Å²) in [6.07, 6.45) is 2.39. The summed E-state index contributed by atoms with van der Waals surface area (Å²) in [5.41, 5.74) is 2.78. The third-order valence-corrected chi connectivity index (χ3v) is 4.16. The van der Waals surface area contributed by atoms with Crippen LogP contribution in [0, 0.1) is 0 Å². The lowest BCUT2D eigenvalue weighted by Gasteiger charge is -2.04. The van der Waals surface area contributed by atoms with Gasteiger partial charge in [-0.05, 0) is 42.5 Å². The van der Waals surface area contributed by atoms with Crippen molar-refractivity contribution in [2.45, 2.75) is 0 Å². The first-order valence-electron chi connectivity index (χ1n) is 8.01. The van der Waals surface area contributed by atoms with E-state index >= 15 is 0 Å². The van der Waals surface area contributed by atoms with Gasteiger partial charge >= 0.3 is 0 Å². The highest BCUT2D eigenvalue weighted by Crippen LogP contribution is 2.16. The Morgan fingerprint density at radius 3 is 2.54 bits per heavy atom. The molecule has 0 saturated carbocycles. The van der Waals surface area contributed by atoms with Crippen LogP contribution < -0.4 is 16.2 Å². The van der Waals surface area contributed by atoms with E-state index in [1.54, 1.807) is 36.4 Å². The van der Waals surface area contributed by atoms with Gasteiger partial charge in [-0.1, -0.05) is 23.2 Å². The quantitative estimate of drug-likeness (QED) is 0.492. The number of hydrogen-bond donors (Lipinski definition) is 2. The van der Waals surface area contributed by atoms with Crippen molar-refractivity contribution in [2.24, 2.45) is 5.10 Å². The number of carbonyl (C=O) groups excluding carboxylic acids is 2. The zero-order valence-electron chi connectivity index (χ0n) is 14.2. The molecule has 1 heterocycles. The lowest BCUT2D eigenvalue weighted by atomic mass is 10.2. The Morgan fingerprint density at radius 2 is 1.79 bits per heavy atom. The van der Waals surface area contributed by atoms with Crippen LogP contribution in [0.15, 0.2) is 63.0 Å². The van der Waals surface area contributed by atoms with Gasteiger partial charge in [0.15, 0.2) is 0 Å².